The van der Waals surface area contributed by atoms with Crippen molar-refractivity contribution < 1.29 is 9.84 Å². The number of aromatic nitrogens is 3. The zero-order valence-electron chi connectivity index (χ0n) is 21.0. The van der Waals surface area contributed by atoms with Crippen molar-refractivity contribution in [2.75, 3.05) is 11.4 Å². The fourth-order valence-electron chi connectivity index (χ4n) is 5.49. The molecule has 3 aromatic rings. The van der Waals surface area contributed by atoms with Crippen molar-refractivity contribution in [2.45, 2.75) is 90.5 Å². The van der Waals surface area contributed by atoms with Gasteiger partial charge in [0, 0.05) is 25.0 Å². The normalized spacial score (nSPS) is 22.7. The van der Waals surface area contributed by atoms with Gasteiger partial charge in [0.25, 0.3) is 5.56 Å². The van der Waals surface area contributed by atoms with Crippen LogP contribution in [0.15, 0.2) is 41.3 Å². The molecule has 0 bridgehead atoms. The molecule has 35 heavy (non-hydrogen) atoms. The molecule has 1 aromatic carbocycles. The van der Waals surface area contributed by atoms with Gasteiger partial charge in [0.15, 0.2) is 0 Å². The molecule has 1 N–H and O–H groups in total. The van der Waals surface area contributed by atoms with Gasteiger partial charge in [-0.2, -0.15) is 4.98 Å². The van der Waals surface area contributed by atoms with Gasteiger partial charge in [0.2, 0.25) is 11.7 Å². The van der Waals surface area contributed by atoms with Crippen molar-refractivity contribution >= 4 is 11.5 Å². The third-order valence-electron chi connectivity index (χ3n) is 7.65. The van der Waals surface area contributed by atoms with Crippen LogP contribution < -0.4 is 15.2 Å². The van der Waals surface area contributed by atoms with E-state index in [4.69, 9.17) is 9.72 Å². The number of nitrogens with zero attached hydrogens (tertiary/aromatic N) is 4. The van der Waals surface area contributed by atoms with E-state index in [-0.39, 0.29) is 11.7 Å². The minimum absolute atomic E-state index is 0.110. The molecule has 188 valence electrons. The molecular weight excluding hydrogens is 440 g/mol. The Morgan fingerprint density at radius 3 is 2.54 bits per heavy atom. The number of unbranched alkanes of at least 4 members (excludes halogenated alkanes) is 2. The Labute approximate surface area is 207 Å². The number of anilines is 1. The number of aliphatic hydroxyl groups is 1. The van der Waals surface area contributed by atoms with Crippen LogP contribution in [0.4, 0.5) is 5.69 Å². The highest BCUT2D eigenvalue weighted by molar-refractivity contribution is 5.66. The Balaban J connectivity index is 1.48. The molecule has 2 aliphatic rings. The van der Waals surface area contributed by atoms with Crippen molar-refractivity contribution in [3.8, 4) is 17.1 Å². The fraction of sp³-hybridized carbons (Fsp3) is 0.571. The highest BCUT2D eigenvalue weighted by Gasteiger charge is 2.23. The predicted octanol–water partition coefficient (Wildman–Crippen LogP) is 5.23. The van der Waals surface area contributed by atoms with Gasteiger partial charge in [-0.1, -0.05) is 38.8 Å². The molecule has 7 nitrogen and oxygen atoms in total. The lowest BCUT2D eigenvalue weighted by Crippen LogP contribution is -2.28. The van der Waals surface area contributed by atoms with E-state index in [0.717, 1.165) is 93.7 Å². The lowest BCUT2D eigenvalue weighted by atomic mass is 9.89. The number of hydrogen-bond donors (Lipinski definition) is 1. The molecule has 1 atom stereocenters. The number of aliphatic hydroxyl groups excluding tert-OH is 1. The Morgan fingerprint density at radius 1 is 1.09 bits per heavy atom. The first-order valence-corrected chi connectivity index (χ1v) is 13.4. The molecule has 1 aliphatic heterocycles. The summed E-state index contributed by atoms with van der Waals surface area (Å²) in [4.78, 5) is 20.0. The first-order chi connectivity index (χ1) is 17.0. The minimum Gasteiger partial charge on any atom is -0.474 e. The molecule has 2 aromatic heterocycles. The Bertz CT molecular complexity index is 1190. The molecular formula is C28H38N4O3. The van der Waals surface area contributed by atoms with Gasteiger partial charge in [-0.15, -0.1) is 0 Å². The van der Waals surface area contributed by atoms with E-state index in [1.807, 2.05) is 11.1 Å². The van der Waals surface area contributed by atoms with Crippen LogP contribution in [0.25, 0.3) is 17.0 Å². The zero-order valence-corrected chi connectivity index (χ0v) is 21.0. The summed E-state index contributed by atoms with van der Waals surface area (Å²) in [6, 6.07) is 9.82. The van der Waals surface area contributed by atoms with E-state index in [1.165, 1.54) is 6.07 Å². The number of rotatable bonds is 8. The topological polar surface area (TPSA) is 72.0 Å². The SMILES string of the molecule is CCCCCn1c(-c2ccc(N3CCCC3O)cc2)cn2c(=O)cc(OC3CCC(C)CC3)nc12. The molecule has 0 amide bonds. The third kappa shape index (κ3) is 5.10. The van der Waals surface area contributed by atoms with Crippen LogP contribution in [0.1, 0.15) is 71.6 Å². The van der Waals surface area contributed by atoms with Crippen LogP contribution in [0.5, 0.6) is 5.88 Å². The molecule has 0 radical (unpaired) electrons. The number of ether oxygens (including phenoxy) is 1. The number of imidazole rings is 1. The lowest BCUT2D eigenvalue weighted by Gasteiger charge is -2.26. The third-order valence-corrected chi connectivity index (χ3v) is 7.65. The van der Waals surface area contributed by atoms with Crippen molar-refractivity contribution in [2.24, 2.45) is 5.92 Å². The van der Waals surface area contributed by atoms with Gasteiger partial charge in [0.1, 0.15) is 12.3 Å². The molecule has 0 spiro atoms. The second-order valence-corrected chi connectivity index (χ2v) is 10.3. The Kier molecular flexibility index (Phi) is 7.14. The van der Waals surface area contributed by atoms with Crippen LogP contribution in [0, 0.1) is 5.92 Å². The molecule has 2 fully saturated rings. The summed E-state index contributed by atoms with van der Waals surface area (Å²) >= 11 is 0. The number of hydrogen-bond acceptors (Lipinski definition) is 5. The van der Waals surface area contributed by atoms with Crippen molar-refractivity contribution in [3.63, 3.8) is 0 Å². The van der Waals surface area contributed by atoms with Gasteiger partial charge in [-0.05, 0) is 68.6 Å². The van der Waals surface area contributed by atoms with E-state index in [2.05, 4.69) is 42.7 Å². The van der Waals surface area contributed by atoms with Crippen molar-refractivity contribution in [1.82, 2.24) is 14.0 Å². The van der Waals surface area contributed by atoms with E-state index in [0.29, 0.717) is 11.7 Å². The summed E-state index contributed by atoms with van der Waals surface area (Å²) < 4.78 is 10.0. The average molecular weight is 479 g/mol. The maximum atomic E-state index is 13.1. The summed E-state index contributed by atoms with van der Waals surface area (Å²) in [6.45, 7) is 6.15. The molecule has 3 heterocycles. The standard InChI is InChI=1S/C28H38N4O3/c1-3-4-5-16-31-24(21-10-12-22(13-11-21)30-17-6-7-26(30)33)19-32-27(34)18-25(29-28(31)32)35-23-14-8-20(2)9-15-23/h10-13,18-20,23,26,33H,3-9,14-17H2,1-2H3. The first kappa shape index (κ1) is 23.9. The molecule has 1 unspecified atom stereocenters. The highest BCUT2D eigenvalue weighted by atomic mass is 16.5. The molecule has 1 saturated heterocycles. The van der Waals surface area contributed by atoms with Crippen LogP contribution >= 0.6 is 0 Å². The maximum absolute atomic E-state index is 13.1. The molecule has 5 rings (SSSR count). The number of aryl methyl sites for hydroxylation is 1. The molecule has 1 aliphatic carbocycles. The Morgan fingerprint density at radius 2 is 1.86 bits per heavy atom. The quantitative estimate of drug-likeness (QED) is 0.449. The second kappa shape index (κ2) is 10.4. The second-order valence-electron chi connectivity index (χ2n) is 10.3. The van der Waals surface area contributed by atoms with Crippen molar-refractivity contribution in [3.05, 3.63) is 46.9 Å². The van der Waals surface area contributed by atoms with Crippen LogP contribution in [-0.2, 0) is 6.54 Å². The van der Waals surface area contributed by atoms with Gasteiger partial charge < -0.3 is 19.3 Å². The largest absolute Gasteiger partial charge is 0.474 e. The van der Waals surface area contributed by atoms with Crippen LogP contribution in [0.3, 0.4) is 0 Å². The number of fused-ring (bicyclic) bond motifs is 1. The zero-order chi connectivity index (χ0) is 24.4. The number of benzene rings is 1. The van der Waals surface area contributed by atoms with E-state index in [9.17, 15) is 9.90 Å². The molecule has 1 saturated carbocycles. The predicted molar refractivity (Wildman–Crippen MR) is 139 cm³/mol. The summed E-state index contributed by atoms with van der Waals surface area (Å²) in [6.07, 6.45) is 11.1. The maximum Gasteiger partial charge on any atom is 0.262 e. The van der Waals surface area contributed by atoms with E-state index in [1.54, 1.807) is 4.40 Å². The first-order valence-electron chi connectivity index (χ1n) is 13.4. The van der Waals surface area contributed by atoms with Crippen LogP contribution in [0.2, 0.25) is 0 Å². The van der Waals surface area contributed by atoms with Gasteiger partial charge >= 0.3 is 0 Å². The summed E-state index contributed by atoms with van der Waals surface area (Å²) in [5, 5.41) is 10.2. The monoisotopic (exact) mass is 478 g/mol. The van der Waals surface area contributed by atoms with Gasteiger partial charge in [0.05, 0.1) is 11.8 Å². The molecule has 7 heteroatoms. The Hall–Kier alpha value is -2.80. The smallest absolute Gasteiger partial charge is 0.262 e. The van der Waals surface area contributed by atoms with E-state index < -0.39 is 6.23 Å². The lowest BCUT2D eigenvalue weighted by molar-refractivity contribution is 0.130. The minimum atomic E-state index is -0.407. The summed E-state index contributed by atoms with van der Waals surface area (Å²) in [5.41, 5.74) is 2.93. The van der Waals surface area contributed by atoms with Gasteiger partial charge in [-0.25, -0.2) is 0 Å². The van der Waals surface area contributed by atoms with Crippen LogP contribution in [-0.4, -0.2) is 37.9 Å². The summed E-state index contributed by atoms with van der Waals surface area (Å²) in [7, 11) is 0. The van der Waals surface area contributed by atoms with Gasteiger partial charge in [-0.3, -0.25) is 9.20 Å². The summed E-state index contributed by atoms with van der Waals surface area (Å²) in [5.74, 6) is 1.82. The highest BCUT2D eigenvalue weighted by Crippen LogP contribution is 2.30. The average Bonchev–Trinajstić information content (AvgIpc) is 3.45. The van der Waals surface area contributed by atoms with E-state index >= 15 is 0 Å². The fourth-order valence-corrected chi connectivity index (χ4v) is 5.49. The van der Waals surface area contributed by atoms with Crippen molar-refractivity contribution in [1.29, 1.82) is 0 Å².